The van der Waals surface area contributed by atoms with E-state index in [2.05, 4.69) is 0 Å². The molecule has 1 aromatic rings. The molecule has 1 fully saturated rings. The van der Waals surface area contributed by atoms with E-state index >= 15 is 0 Å². The van der Waals surface area contributed by atoms with E-state index in [0.29, 0.717) is 5.92 Å². The molecule has 0 aliphatic heterocycles. The number of halogens is 3. The Bertz CT molecular complexity index is 357. The zero-order valence-electron chi connectivity index (χ0n) is 8.40. The van der Waals surface area contributed by atoms with Crippen LogP contribution < -0.4 is 0 Å². The van der Waals surface area contributed by atoms with Gasteiger partial charge < -0.3 is 0 Å². The summed E-state index contributed by atoms with van der Waals surface area (Å²) in [6.07, 6.45) is 5.60. The highest BCUT2D eigenvalue weighted by Gasteiger charge is 2.21. The summed E-state index contributed by atoms with van der Waals surface area (Å²) in [6, 6.07) is 2.79. The summed E-state index contributed by atoms with van der Waals surface area (Å²) in [5.74, 6) is -1.46. The van der Waals surface area contributed by atoms with Crippen LogP contribution in [-0.4, -0.2) is 0 Å². The average Bonchev–Trinajstić information content (AvgIpc) is 2.27. The van der Waals surface area contributed by atoms with Crippen LogP contribution in [0.5, 0.6) is 0 Å². The van der Waals surface area contributed by atoms with Crippen LogP contribution in [0.25, 0.3) is 0 Å². The Hall–Kier alpha value is -0.630. The van der Waals surface area contributed by atoms with Gasteiger partial charge in [0.05, 0.1) is 5.02 Å². The third-order valence-electron chi connectivity index (χ3n) is 3.11. The Kier molecular flexibility index (Phi) is 3.25. The minimum absolute atomic E-state index is 0.0260. The first kappa shape index (κ1) is 10.9. The Labute approximate surface area is 93.2 Å². The van der Waals surface area contributed by atoms with Crippen LogP contribution in [0, 0.1) is 11.6 Å². The van der Waals surface area contributed by atoms with Gasteiger partial charge in [-0.3, -0.25) is 0 Å². The van der Waals surface area contributed by atoms with Crippen molar-refractivity contribution in [2.24, 2.45) is 0 Å². The molecule has 1 aromatic carbocycles. The third-order valence-corrected chi connectivity index (χ3v) is 3.49. The van der Waals surface area contributed by atoms with E-state index in [-0.39, 0.29) is 5.02 Å². The van der Waals surface area contributed by atoms with Crippen molar-refractivity contribution in [3.8, 4) is 0 Å². The molecule has 0 bridgehead atoms. The third kappa shape index (κ3) is 2.15. The van der Waals surface area contributed by atoms with Gasteiger partial charge >= 0.3 is 0 Å². The van der Waals surface area contributed by atoms with E-state index in [1.165, 1.54) is 12.5 Å². The molecule has 1 saturated carbocycles. The summed E-state index contributed by atoms with van der Waals surface area (Å²) < 4.78 is 26.1. The van der Waals surface area contributed by atoms with Crippen molar-refractivity contribution < 1.29 is 8.78 Å². The van der Waals surface area contributed by atoms with Gasteiger partial charge in [0.15, 0.2) is 11.6 Å². The minimum atomic E-state index is -0.903. The molecule has 0 unspecified atom stereocenters. The van der Waals surface area contributed by atoms with Gasteiger partial charge in [-0.05, 0) is 30.4 Å². The van der Waals surface area contributed by atoms with Crippen LogP contribution in [-0.2, 0) is 0 Å². The lowest BCUT2D eigenvalue weighted by Crippen LogP contribution is -2.06. The molecule has 0 nitrogen and oxygen atoms in total. The fourth-order valence-electron chi connectivity index (χ4n) is 2.27. The van der Waals surface area contributed by atoms with Gasteiger partial charge in [-0.1, -0.05) is 36.9 Å². The molecule has 2 rings (SSSR count). The number of benzene rings is 1. The molecule has 0 spiro atoms. The maximum Gasteiger partial charge on any atom is 0.177 e. The largest absolute Gasteiger partial charge is 0.204 e. The maximum absolute atomic E-state index is 13.2. The SMILES string of the molecule is Fc1ccc(C2CCCCC2)c(Cl)c1F. The fraction of sp³-hybridized carbons (Fsp3) is 0.500. The maximum atomic E-state index is 13.2. The lowest BCUT2D eigenvalue weighted by Gasteiger charge is -2.23. The topological polar surface area (TPSA) is 0 Å². The molecule has 0 saturated heterocycles. The van der Waals surface area contributed by atoms with Crippen LogP contribution in [0.4, 0.5) is 8.78 Å². The highest BCUT2D eigenvalue weighted by Crippen LogP contribution is 2.37. The van der Waals surface area contributed by atoms with Crippen molar-refractivity contribution in [1.82, 2.24) is 0 Å². The molecule has 0 N–H and O–H groups in total. The van der Waals surface area contributed by atoms with Gasteiger partial charge in [0, 0.05) is 0 Å². The monoisotopic (exact) mass is 230 g/mol. The van der Waals surface area contributed by atoms with E-state index in [4.69, 9.17) is 11.6 Å². The van der Waals surface area contributed by atoms with Crippen molar-refractivity contribution in [2.75, 3.05) is 0 Å². The van der Waals surface area contributed by atoms with E-state index in [9.17, 15) is 8.78 Å². The second kappa shape index (κ2) is 4.48. The van der Waals surface area contributed by atoms with Gasteiger partial charge in [0.2, 0.25) is 0 Å². The number of hydrogen-bond acceptors (Lipinski definition) is 0. The predicted octanol–water partition coefficient (Wildman–Crippen LogP) is 4.67. The zero-order valence-corrected chi connectivity index (χ0v) is 9.16. The summed E-state index contributed by atoms with van der Waals surface area (Å²) in [5.41, 5.74) is 0.773. The summed E-state index contributed by atoms with van der Waals surface area (Å²) in [4.78, 5) is 0. The smallest absolute Gasteiger partial charge is 0.177 e. The van der Waals surface area contributed by atoms with Gasteiger partial charge in [-0.2, -0.15) is 0 Å². The molecule has 1 aliphatic carbocycles. The first-order valence-electron chi connectivity index (χ1n) is 5.33. The van der Waals surface area contributed by atoms with Crippen molar-refractivity contribution in [1.29, 1.82) is 0 Å². The molecule has 3 heteroatoms. The fourth-order valence-corrected chi connectivity index (χ4v) is 2.58. The average molecular weight is 231 g/mol. The van der Waals surface area contributed by atoms with Crippen LogP contribution in [0.1, 0.15) is 43.6 Å². The number of hydrogen-bond donors (Lipinski definition) is 0. The van der Waals surface area contributed by atoms with Crippen molar-refractivity contribution in [3.63, 3.8) is 0 Å². The second-order valence-corrected chi connectivity index (χ2v) is 4.48. The lowest BCUT2D eigenvalue weighted by molar-refractivity contribution is 0.439. The molecule has 0 heterocycles. The molecule has 0 aromatic heterocycles. The first-order valence-corrected chi connectivity index (χ1v) is 5.71. The minimum Gasteiger partial charge on any atom is -0.204 e. The molecule has 0 radical (unpaired) electrons. The first-order chi connectivity index (χ1) is 7.20. The van der Waals surface area contributed by atoms with E-state index in [1.807, 2.05) is 0 Å². The Morgan fingerprint density at radius 3 is 2.40 bits per heavy atom. The van der Waals surface area contributed by atoms with Crippen LogP contribution in [0.15, 0.2) is 12.1 Å². The molecule has 15 heavy (non-hydrogen) atoms. The molecular formula is C12H13ClF2. The molecule has 1 aliphatic rings. The predicted molar refractivity (Wildman–Crippen MR) is 57.2 cm³/mol. The van der Waals surface area contributed by atoms with E-state index in [0.717, 1.165) is 31.2 Å². The van der Waals surface area contributed by atoms with E-state index in [1.54, 1.807) is 6.07 Å². The zero-order chi connectivity index (χ0) is 10.8. The van der Waals surface area contributed by atoms with Crippen LogP contribution in [0.3, 0.4) is 0 Å². The van der Waals surface area contributed by atoms with Crippen molar-refractivity contribution in [3.05, 3.63) is 34.4 Å². The molecule has 0 amide bonds. The lowest BCUT2D eigenvalue weighted by atomic mass is 9.84. The van der Waals surface area contributed by atoms with Crippen LogP contribution >= 0.6 is 11.6 Å². The standard InChI is InChI=1S/C12H13ClF2/c13-11-9(6-7-10(14)12(11)15)8-4-2-1-3-5-8/h6-8H,1-5H2. The second-order valence-electron chi connectivity index (χ2n) is 4.10. The van der Waals surface area contributed by atoms with Gasteiger partial charge in [-0.15, -0.1) is 0 Å². The highest BCUT2D eigenvalue weighted by atomic mass is 35.5. The quantitative estimate of drug-likeness (QED) is 0.616. The molecular weight excluding hydrogens is 218 g/mol. The normalized spacial score (nSPS) is 18.1. The van der Waals surface area contributed by atoms with Crippen LogP contribution in [0.2, 0.25) is 5.02 Å². The van der Waals surface area contributed by atoms with Gasteiger partial charge in [0.1, 0.15) is 0 Å². The summed E-state index contributed by atoms with van der Waals surface area (Å²) >= 11 is 5.82. The summed E-state index contributed by atoms with van der Waals surface area (Å²) in [5, 5.41) is -0.0260. The molecule has 0 atom stereocenters. The van der Waals surface area contributed by atoms with Gasteiger partial charge in [0.25, 0.3) is 0 Å². The van der Waals surface area contributed by atoms with Gasteiger partial charge in [-0.25, -0.2) is 8.78 Å². The van der Waals surface area contributed by atoms with Crippen molar-refractivity contribution >= 4 is 11.6 Å². The summed E-state index contributed by atoms with van der Waals surface area (Å²) in [7, 11) is 0. The Morgan fingerprint density at radius 1 is 1.07 bits per heavy atom. The van der Waals surface area contributed by atoms with Crippen molar-refractivity contribution in [2.45, 2.75) is 38.0 Å². The molecule has 82 valence electrons. The van der Waals surface area contributed by atoms with E-state index < -0.39 is 11.6 Å². The number of rotatable bonds is 1. The summed E-state index contributed by atoms with van der Waals surface area (Å²) in [6.45, 7) is 0. The Balaban J connectivity index is 2.31. The highest BCUT2D eigenvalue weighted by molar-refractivity contribution is 6.31. The Morgan fingerprint density at radius 2 is 1.73 bits per heavy atom.